The third-order valence-corrected chi connectivity index (χ3v) is 3.46. The Morgan fingerprint density at radius 1 is 1.19 bits per heavy atom. The van der Waals surface area contributed by atoms with Gasteiger partial charge in [0.25, 0.3) is 0 Å². The van der Waals surface area contributed by atoms with Crippen LogP contribution >= 0.6 is 0 Å². The Morgan fingerprint density at radius 2 is 1.81 bits per heavy atom. The number of carbonyl (C=O) groups is 1. The fraction of sp³-hybridized carbons (Fsp3) is 0.353. The van der Waals surface area contributed by atoms with Crippen molar-refractivity contribution < 1.29 is 9.90 Å². The lowest BCUT2D eigenvalue weighted by molar-refractivity contribution is -0.137. The molecule has 2 rings (SSSR count). The van der Waals surface area contributed by atoms with Crippen LogP contribution < -0.4 is 0 Å². The van der Waals surface area contributed by atoms with E-state index in [0.717, 1.165) is 29.5 Å². The molecule has 4 heteroatoms. The Balaban J connectivity index is 2.12. The van der Waals surface area contributed by atoms with Crippen LogP contribution in [0.5, 0.6) is 0 Å². The second-order valence-electron chi connectivity index (χ2n) is 5.29. The van der Waals surface area contributed by atoms with Crippen LogP contribution in [0, 0.1) is 0 Å². The molecule has 0 spiro atoms. The van der Waals surface area contributed by atoms with Gasteiger partial charge in [-0.15, -0.1) is 0 Å². The van der Waals surface area contributed by atoms with E-state index in [1.54, 1.807) is 0 Å². The van der Waals surface area contributed by atoms with E-state index in [9.17, 15) is 4.79 Å². The average molecular weight is 284 g/mol. The summed E-state index contributed by atoms with van der Waals surface area (Å²) in [5.74, 6) is -0.0712. The standard InChI is InChI=1S/C17H20N2O2/c1-3-4-13-10-18-17(19-11-13)15-7-5-14(6-8-15)12(2)9-16(20)21/h5-8,10-12H,3-4,9H2,1-2H3,(H,20,21). The molecule has 0 aliphatic rings. The number of nitrogens with zero attached hydrogens (tertiary/aromatic N) is 2. The minimum atomic E-state index is -0.776. The number of aromatic nitrogens is 2. The third-order valence-electron chi connectivity index (χ3n) is 3.46. The van der Waals surface area contributed by atoms with E-state index in [-0.39, 0.29) is 12.3 Å². The molecule has 0 saturated carbocycles. The Kier molecular flexibility index (Phi) is 5.04. The normalized spacial score (nSPS) is 12.1. The molecule has 2 aromatic rings. The molecule has 1 heterocycles. The molecule has 21 heavy (non-hydrogen) atoms. The van der Waals surface area contributed by atoms with Gasteiger partial charge in [-0.3, -0.25) is 4.79 Å². The zero-order chi connectivity index (χ0) is 15.2. The number of hydrogen-bond acceptors (Lipinski definition) is 3. The molecule has 0 fully saturated rings. The molecule has 1 atom stereocenters. The minimum Gasteiger partial charge on any atom is -0.481 e. The molecule has 0 bridgehead atoms. The number of carboxylic acids is 1. The predicted octanol–water partition coefficient (Wildman–Crippen LogP) is 3.67. The maximum atomic E-state index is 10.7. The first-order valence-corrected chi connectivity index (χ1v) is 7.23. The first-order valence-electron chi connectivity index (χ1n) is 7.23. The Labute approximate surface area is 124 Å². The lowest BCUT2D eigenvalue weighted by Gasteiger charge is -2.09. The van der Waals surface area contributed by atoms with Crippen molar-refractivity contribution in [2.75, 3.05) is 0 Å². The van der Waals surface area contributed by atoms with E-state index in [1.165, 1.54) is 0 Å². The van der Waals surface area contributed by atoms with Gasteiger partial charge in [0.1, 0.15) is 0 Å². The summed E-state index contributed by atoms with van der Waals surface area (Å²) in [5, 5.41) is 8.83. The number of carboxylic acid groups (broad SMARTS) is 1. The van der Waals surface area contributed by atoms with E-state index in [0.29, 0.717) is 5.82 Å². The number of rotatable bonds is 6. The molecular weight excluding hydrogens is 264 g/mol. The highest BCUT2D eigenvalue weighted by molar-refractivity contribution is 5.68. The summed E-state index contributed by atoms with van der Waals surface area (Å²) in [7, 11) is 0. The summed E-state index contributed by atoms with van der Waals surface area (Å²) in [4.78, 5) is 19.5. The summed E-state index contributed by atoms with van der Waals surface area (Å²) in [6.45, 7) is 4.05. The highest BCUT2D eigenvalue weighted by Gasteiger charge is 2.10. The second kappa shape index (κ2) is 6.97. The topological polar surface area (TPSA) is 63.1 Å². The number of benzene rings is 1. The second-order valence-corrected chi connectivity index (χ2v) is 5.29. The van der Waals surface area contributed by atoms with Crippen LogP contribution in [-0.4, -0.2) is 21.0 Å². The number of hydrogen-bond donors (Lipinski definition) is 1. The maximum Gasteiger partial charge on any atom is 0.303 e. The zero-order valence-corrected chi connectivity index (χ0v) is 12.4. The van der Waals surface area contributed by atoms with Crippen molar-refractivity contribution in [3.05, 3.63) is 47.8 Å². The first-order chi connectivity index (χ1) is 10.1. The predicted molar refractivity (Wildman–Crippen MR) is 82.1 cm³/mol. The number of aryl methyl sites for hydroxylation is 1. The molecule has 1 N–H and O–H groups in total. The van der Waals surface area contributed by atoms with Crippen molar-refractivity contribution in [3.63, 3.8) is 0 Å². The van der Waals surface area contributed by atoms with Crippen LogP contribution in [0.3, 0.4) is 0 Å². The first kappa shape index (κ1) is 15.2. The van der Waals surface area contributed by atoms with Crippen molar-refractivity contribution >= 4 is 5.97 Å². The Bertz CT molecular complexity index is 591. The van der Waals surface area contributed by atoms with Crippen LogP contribution in [0.1, 0.15) is 43.7 Å². The molecule has 1 unspecified atom stereocenters. The summed E-state index contributed by atoms with van der Waals surface area (Å²) < 4.78 is 0. The van der Waals surface area contributed by atoms with E-state index in [2.05, 4.69) is 16.9 Å². The molecule has 1 aromatic heterocycles. The monoisotopic (exact) mass is 284 g/mol. The van der Waals surface area contributed by atoms with Gasteiger partial charge < -0.3 is 5.11 Å². The molecule has 0 aliphatic carbocycles. The Hall–Kier alpha value is -2.23. The zero-order valence-electron chi connectivity index (χ0n) is 12.4. The van der Waals surface area contributed by atoms with Crippen LogP contribution in [0.2, 0.25) is 0 Å². The molecule has 0 radical (unpaired) electrons. The van der Waals surface area contributed by atoms with Gasteiger partial charge in [-0.25, -0.2) is 9.97 Å². The fourth-order valence-corrected chi connectivity index (χ4v) is 2.26. The van der Waals surface area contributed by atoms with Gasteiger partial charge in [0.15, 0.2) is 5.82 Å². The average Bonchev–Trinajstić information content (AvgIpc) is 2.48. The van der Waals surface area contributed by atoms with E-state index in [4.69, 9.17) is 5.11 Å². The van der Waals surface area contributed by atoms with Crippen molar-refractivity contribution in [1.29, 1.82) is 0 Å². The summed E-state index contributed by atoms with van der Waals surface area (Å²) in [6, 6.07) is 7.80. The van der Waals surface area contributed by atoms with Gasteiger partial charge in [-0.05, 0) is 23.5 Å². The van der Waals surface area contributed by atoms with Crippen molar-refractivity contribution in [2.45, 2.75) is 39.0 Å². The minimum absolute atomic E-state index is 0.00407. The van der Waals surface area contributed by atoms with Gasteiger partial charge in [-0.2, -0.15) is 0 Å². The molecule has 0 saturated heterocycles. The lowest BCUT2D eigenvalue weighted by atomic mass is 9.97. The summed E-state index contributed by atoms with van der Waals surface area (Å²) >= 11 is 0. The van der Waals surface area contributed by atoms with Crippen LogP contribution in [0.25, 0.3) is 11.4 Å². The van der Waals surface area contributed by atoms with Gasteiger partial charge in [0, 0.05) is 18.0 Å². The summed E-state index contributed by atoms with van der Waals surface area (Å²) in [5.41, 5.74) is 3.11. The van der Waals surface area contributed by atoms with Gasteiger partial charge in [-0.1, -0.05) is 44.5 Å². The Morgan fingerprint density at radius 3 is 2.33 bits per heavy atom. The maximum absolute atomic E-state index is 10.7. The van der Waals surface area contributed by atoms with Crippen LogP contribution in [-0.2, 0) is 11.2 Å². The van der Waals surface area contributed by atoms with Crippen molar-refractivity contribution in [2.24, 2.45) is 0 Å². The van der Waals surface area contributed by atoms with Gasteiger partial charge >= 0.3 is 5.97 Å². The van der Waals surface area contributed by atoms with Crippen LogP contribution in [0.4, 0.5) is 0 Å². The highest BCUT2D eigenvalue weighted by atomic mass is 16.4. The highest BCUT2D eigenvalue weighted by Crippen LogP contribution is 2.22. The third kappa shape index (κ3) is 4.12. The molecule has 1 aromatic carbocycles. The van der Waals surface area contributed by atoms with E-state index in [1.807, 2.05) is 43.6 Å². The molecule has 4 nitrogen and oxygen atoms in total. The van der Waals surface area contributed by atoms with Crippen LogP contribution in [0.15, 0.2) is 36.7 Å². The number of aliphatic carboxylic acids is 1. The van der Waals surface area contributed by atoms with Crippen molar-refractivity contribution in [3.8, 4) is 11.4 Å². The summed E-state index contributed by atoms with van der Waals surface area (Å²) in [6.07, 6.45) is 5.95. The smallest absolute Gasteiger partial charge is 0.303 e. The quantitative estimate of drug-likeness (QED) is 0.879. The van der Waals surface area contributed by atoms with E-state index < -0.39 is 5.97 Å². The fourth-order valence-electron chi connectivity index (χ4n) is 2.26. The molecule has 0 amide bonds. The van der Waals surface area contributed by atoms with Gasteiger partial charge in [0.05, 0.1) is 6.42 Å². The molecule has 110 valence electrons. The van der Waals surface area contributed by atoms with Crippen molar-refractivity contribution in [1.82, 2.24) is 9.97 Å². The molecule has 0 aliphatic heterocycles. The van der Waals surface area contributed by atoms with E-state index >= 15 is 0 Å². The molecular formula is C17H20N2O2. The lowest BCUT2D eigenvalue weighted by Crippen LogP contribution is -2.02. The SMILES string of the molecule is CCCc1cnc(-c2ccc(C(C)CC(=O)O)cc2)nc1. The largest absolute Gasteiger partial charge is 0.481 e. The van der Waals surface area contributed by atoms with Gasteiger partial charge in [0.2, 0.25) is 0 Å².